The molecular weight excluding hydrogens is 273 g/mol. The molecule has 0 radical (unpaired) electrons. The molecule has 20 heavy (non-hydrogen) atoms. The van der Waals surface area contributed by atoms with Crippen LogP contribution in [-0.2, 0) is 6.18 Å². The zero-order valence-corrected chi connectivity index (χ0v) is 9.98. The number of carbonyl (C=O) groups excluding carboxylic acids is 1. The Bertz CT molecular complexity index is 628. The number of amides is 1. The van der Waals surface area contributed by atoms with Crippen molar-refractivity contribution < 1.29 is 18.0 Å². The largest absolute Gasteiger partial charge is 0.416 e. The Kier molecular flexibility index (Phi) is 3.55. The smallest absolute Gasteiger partial charge is 0.397 e. The van der Waals surface area contributed by atoms with Gasteiger partial charge in [0.15, 0.2) is 0 Å². The number of alkyl halides is 3. The molecule has 0 bridgehead atoms. The number of anilines is 2. The molecule has 0 spiro atoms. The SMILES string of the molecule is Nc1cc(C(F)(F)F)ccc1NC(=O)c1cnccn1. The number of benzene rings is 1. The van der Waals surface area contributed by atoms with Crippen molar-refractivity contribution in [1.29, 1.82) is 0 Å². The number of nitrogen functional groups attached to an aromatic ring is 1. The summed E-state index contributed by atoms with van der Waals surface area (Å²) in [4.78, 5) is 19.2. The van der Waals surface area contributed by atoms with Crippen molar-refractivity contribution in [1.82, 2.24) is 9.97 Å². The second-order valence-corrected chi connectivity index (χ2v) is 3.84. The molecule has 1 amide bonds. The van der Waals surface area contributed by atoms with E-state index in [-0.39, 0.29) is 17.1 Å². The lowest BCUT2D eigenvalue weighted by atomic mass is 10.1. The van der Waals surface area contributed by atoms with Gasteiger partial charge in [-0.1, -0.05) is 0 Å². The Hall–Kier alpha value is -2.64. The number of nitrogens with two attached hydrogens (primary N) is 1. The zero-order valence-electron chi connectivity index (χ0n) is 9.98. The minimum absolute atomic E-state index is 0.0341. The first-order valence-electron chi connectivity index (χ1n) is 5.42. The Morgan fingerprint density at radius 1 is 1.25 bits per heavy atom. The van der Waals surface area contributed by atoms with Gasteiger partial charge in [-0.25, -0.2) is 4.98 Å². The molecule has 0 fully saturated rings. The van der Waals surface area contributed by atoms with E-state index in [1.54, 1.807) is 0 Å². The molecule has 1 heterocycles. The van der Waals surface area contributed by atoms with Gasteiger partial charge in [0.25, 0.3) is 5.91 Å². The number of halogens is 3. The first kappa shape index (κ1) is 13.8. The topological polar surface area (TPSA) is 80.9 Å². The molecule has 0 saturated heterocycles. The molecular formula is C12H9F3N4O. The quantitative estimate of drug-likeness (QED) is 0.828. The van der Waals surface area contributed by atoms with E-state index in [1.807, 2.05) is 0 Å². The van der Waals surface area contributed by atoms with Gasteiger partial charge in [0.1, 0.15) is 5.69 Å². The fraction of sp³-hybridized carbons (Fsp3) is 0.0833. The van der Waals surface area contributed by atoms with Crippen LogP contribution < -0.4 is 11.1 Å². The van der Waals surface area contributed by atoms with Crippen molar-refractivity contribution in [2.75, 3.05) is 11.1 Å². The molecule has 0 atom stereocenters. The van der Waals surface area contributed by atoms with E-state index in [0.29, 0.717) is 0 Å². The van der Waals surface area contributed by atoms with Crippen molar-refractivity contribution in [2.45, 2.75) is 6.18 Å². The fourth-order valence-corrected chi connectivity index (χ4v) is 1.46. The van der Waals surface area contributed by atoms with E-state index in [2.05, 4.69) is 15.3 Å². The molecule has 0 saturated carbocycles. The first-order chi connectivity index (χ1) is 9.38. The van der Waals surface area contributed by atoms with Crippen LogP contribution in [0.15, 0.2) is 36.8 Å². The summed E-state index contributed by atoms with van der Waals surface area (Å²) in [6.45, 7) is 0. The Balaban J connectivity index is 2.21. The summed E-state index contributed by atoms with van der Waals surface area (Å²) in [6.07, 6.45) is -0.536. The van der Waals surface area contributed by atoms with Gasteiger partial charge in [-0.05, 0) is 18.2 Å². The lowest BCUT2D eigenvalue weighted by Gasteiger charge is -2.11. The van der Waals surface area contributed by atoms with Gasteiger partial charge in [-0.15, -0.1) is 0 Å². The average Bonchev–Trinajstić information content (AvgIpc) is 2.41. The molecule has 8 heteroatoms. The minimum atomic E-state index is -4.48. The predicted molar refractivity (Wildman–Crippen MR) is 65.8 cm³/mol. The lowest BCUT2D eigenvalue weighted by Crippen LogP contribution is -2.15. The van der Waals surface area contributed by atoms with Gasteiger partial charge in [-0.2, -0.15) is 13.2 Å². The van der Waals surface area contributed by atoms with Crippen LogP contribution in [0.4, 0.5) is 24.5 Å². The number of hydrogen-bond donors (Lipinski definition) is 2. The van der Waals surface area contributed by atoms with Gasteiger partial charge >= 0.3 is 6.18 Å². The second kappa shape index (κ2) is 5.16. The maximum atomic E-state index is 12.5. The van der Waals surface area contributed by atoms with Crippen molar-refractivity contribution in [3.05, 3.63) is 48.0 Å². The maximum absolute atomic E-state index is 12.5. The molecule has 5 nitrogen and oxygen atoms in total. The first-order valence-corrected chi connectivity index (χ1v) is 5.42. The number of nitrogens with zero attached hydrogens (tertiary/aromatic N) is 2. The molecule has 104 valence electrons. The molecule has 2 aromatic rings. The fourth-order valence-electron chi connectivity index (χ4n) is 1.46. The monoisotopic (exact) mass is 282 g/mol. The normalized spacial score (nSPS) is 11.2. The third kappa shape index (κ3) is 3.02. The van der Waals surface area contributed by atoms with Gasteiger partial charge in [-0.3, -0.25) is 9.78 Å². The number of rotatable bonds is 2. The molecule has 0 aliphatic rings. The van der Waals surface area contributed by atoms with Crippen LogP contribution in [0.1, 0.15) is 16.1 Å². The van der Waals surface area contributed by atoms with Crippen LogP contribution in [0.2, 0.25) is 0 Å². The van der Waals surface area contributed by atoms with E-state index in [9.17, 15) is 18.0 Å². The summed E-state index contributed by atoms with van der Waals surface area (Å²) >= 11 is 0. The highest BCUT2D eigenvalue weighted by Gasteiger charge is 2.30. The Labute approximate surface area is 111 Å². The van der Waals surface area contributed by atoms with Gasteiger partial charge < -0.3 is 11.1 Å². The summed E-state index contributed by atoms with van der Waals surface area (Å²) in [5.41, 5.74) is 4.54. The summed E-state index contributed by atoms with van der Waals surface area (Å²) < 4.78 is 37.4. The van der Waals surface area contributed by atoms with E-state index in [0.717, 1.165) is 18.2 Å². The molecule has 3 N–H and O–H groups in total. The lowest BCUT2D eigenvalue weighted by molar-refractivity contribution is -0.137. The third-order valence-electron chi connectivity index (χ3n) is 2.42. The Morgan fingerprint density at radius 2 is 2.00 bits per heavy atom. The predicted octanol–water partition coefficient (Wildman–Crippen LogP) is 2.33. The molecule has 1 aromatic carbocycles. The molecule has 1 aromatic heterocycles. The maximum Gasteiger partial charge on any atom is 0.416 e. The van der Waals surface area contributed by atoms with E-state index < -0.39 is 17.6 Å². The molecule has 0 aliphatic carbocycles. The van der Waals surface area contributed by atoms with Gasteiger partial charge in [0.05, 0.1) is 23.1 Å². The van der Waals surface area contributed by atoms with Crippen molar-refractivity contribution in [3.63, 3.8) is 0 Å². The van der Waals surface area contributed by atoms with Crippen molar-refractivity contribution in [2.24, 2.45) is 0 Å². The molecule has 2 rings (SSSR count). The van der Waals surface area contributed by atoms with Crippen LogP contribution in [0, 0.1) is 0 Å². The van der Waals surface area contributed by atoms with E-state index >= 15 is 0 Å². The van der Waals surface area contributed by atoms with Crippen LogP contribution in [0.3, 0.4) is 0 Å². The van der Waals surface area contributed by atoms with Crippen LogP contribution in [0.25, 0.3) is 0 Å². The highest BCUT2D eigenvalue weighted by molar-refractivity contribution is 6.04. The third-order valence-corrected chi connectivity index (χ3v) is 2.42. The summed E-state index contributed by atoms with van der Waals surface area (Å²) in [6, 6.07) is 2.68. The van der Waals surface area contributed by atoms with Gasteiger partial charge in [0.2, 0.25) is 0 Å². The summed E-state index contributed by atoms with van der Waals surface area (Å²) in [7, 11) is 0. The summed E-state index contributed by atoms with van der Waals surface area (Å²) in [5, 5.41) is 2.37. The van der Waals surface area contributed by atoms with E-state index in [1.165, 1.54) is 18.6 Å². The number of nitrogens with one attached hydrogen (secondary N) is 1. The number of carbonyl (C=O) groups is 1. The van der Waals surface area contributed by atoms with E-state index in [4.69, 9.17) is 5.73 Å². The van der Waals surface area contributed by atoms with Crippen LogP contribution in [-0.4, -0.2) is 15.9 Å². The van der Waals surface area contributed by atoms with Crippen molar-refractivity contribution in [3.8, 4) is 0 Å². The van der Waals surface area contributed by atoms with Crippen LogP contribution >= 0.6 is 0 Å². The van der Waals surface area contributed by atoms with Gasteiger partial charge in [0, 0.05) is 12.4 Å². The summed E-state index contributed by atoms with van der Waals surface area (Å²) in [5.74, 6) is -0.607. The zero-order chi connectivity index (χ0) is 14.8. The molecule has 0 aliphatic heterocycles. The van der Waals surface area contributed by atoms with Crippen molar-refractivity contribution >= 4 is 17.3 Å². The highest BCUT2D eigenvalue weighted by atomic mass is 19.4. The minimum Gasteiger partial charge on any atom is -0.397 e. The number of aromatic nitrogens is 2. The van der Waals surface area contributed by atoms with Crippen LogP contribution in [0.5, 0.6) is 0 Å². The average molecular weight is 282 g/mol. The Morgan fingerprint density at radius 3 is 2.55 bits per heavy atom. The highest BCUT2D eigenvalue weighted by Crippen LogP contribution is 2.32. The number of hydrogen-bond acceptors (Lipinski definition) is 4. The standard InChI is InChI=1S/C12H9F3N4O/c13-12(14,15)7-1-2-9(8(16)5-7)19-11(20)10-6-17-3-4-18-10/h1-6H,16H2,(H,19,20). The molecule has 0 unspecified atom stereocenters. The second-order valence-electron chi connectivity index (χ2n) is 3.84.